The number of phenols is 2. The van der Waals surface area contributed by atoms with Crippen LogP contribution >= 0.6 is 0 Å². The Morgan fingerprint density at radius 1 is 0.783 bits per heavy atom. The van der Waals surface area contributed by atoms with Crippen LogP contribution < -0.4 is 4.74 Å². The van der Waals surface area contributed by atoms with Crippen LogP contribution in [0.5, 0.6) is 17.2 Å². The van der Waals surface area contributed by atoms with Gasteiger partial charge in [0.2, 0.25) is 0 Å². The van der Waals surface area contributed by atoms with Gasteiger partial charge in [0.1, 0.15) is 5.75 Å². The van der Waals surface area contributed by atoms with Gasteiger partial charge >= 0.3 is 0 Å². The second kappa shape index (κ2) is 11.2. The van der Waals surface area contributed by atoms with E-state index in [1.165, 1.54) is 12.8 Å². The monoisotopic (exact) mass is 322 g/mol. The van der Waals surface area contributed by atoms with E-state index >= 15 is 0 Å². The highest BCUT2D eigenvalue weighted by atomic mass is 16.5. The van der Waals surface area contributed by atoms with Gasteiger partial charge in [0, 0.05) is 17.2 Å². The first-order chi connectivity index (χ1) is 11.2. The fourth-order valence-corrected chi connectivity index (χ4v) is 2.83. The zero-order valence-corrected chi connectivity index (χ0v) is 15.2. The molecule has 0 saturated carbocycles. The topological polar surface area (TPSA) is 49.7 Å². The zero-order valence-electron chi connectivity index (χ0n) is 15.2. The molecule has 0 spiro atoms. The summed E-state index contributed by atoms with van der Waals surface area (Å²) in [5.41, 5.74) is 1.99. The maximum absolute atomic E-state index is 10.3. The highest BCUT2D eigenvalue weighted by Crippen LogP contribution is 2.40. The summed E-state index contributed by atoms with van der Waals surface area (Å²) in [6.07, 6.45) is 10.5. The average molecular weight is 322 g/mol. The molecule has 0 bridgehead atoms. The maximum Gasteiger partial charge on any atom is 0.161 e. The SMILES string of the molecule is CCCCCc1c(OCCCC)cc(O)c(O)c1CCCCC. The third kappa shape index (κ3) is 6.32. The van der Waals surface area contributed by atoms with Gasteiger partial charge in [-0.1, -0.05) is 52.9 Å². The predicted octanol–water partition coefficient (Wildman–Crippen LogP) is 5.74. The first-order valence-electron chi connectivity index (χ1n) is 9.35. The Bertz CT molecular complexity index is 455. The Morgan fingerprint density at radius 2 is 1.35 bits per heavy atom. The van der Waals surface area contributed by atoms with E-state index in [2.05, 4.69) is 20.8 Å². The Morgan fingerprint density at radius 3 is 1.91 bits per heavy atom. The second-order valence-corrected chi connectivity index (χ2v) is 6.32. The van der Waals surface area contributed by atoms with E-state index in [9.17, 15) is 10.2 Å². The molecule has 0 aliphatic carbocycles. The summed E-state index contributed by atoms with van der Waals surface area (Å²) in [6.45, 7) is 7.16. The van der Waals surface area contributed by atoms with Crippen LogP contribution in [0, 0.1) is 0 Å². The molecule has 0 saturated heterocycles. The molecule has 0 aliphatic rings. The van der Waals surface area contributed by atoms with Crippen molar-refractivity contribution in [1.29, 1.82) is 0 Å². The van der Waals surface area contributed by atoms with Crippen molar-refractivity contribution in [3.8, 4) is 17.2 Å². The molecular formula is C20H34O3. The Labute approximate surface area is 141 Å². The molecule has 1 aromatic rings. The van der Waals surface area contributed by atoms with Gasteiger partial charge in [-0.25, -0.2) is 0 Å². The van der Waals surface area contributed by atoms with E-state index < -0.39 is 0 Å². The standard InChI is InChI=1S/C20H34O3/c1-4-7-10-12-16-17(13-11-8-5-2)20(22)18(21)15-19(16)23-14-9-6-3/h15,21-22H,4-14H2,1-3H3. The van der Waals surface area contributed by atoms with E-state index in [4.69, 9.17) is 4.74 Å². The highest BCUT2D eigenvalue weighted by molar-refractivity contribution is 5.56. The minimum Gasteiger partial charge on any atom is -0.504 e. The first kappa shape index (κ1) is 19.7. The minimum absolute atomic E-state index is 0.0513. The predicted molar refractivity (Wildman–Crippen MR) is 96.6 cm³/mol. The molecule has 0 atom stereocenters. The number of ether oxygens (including phenoxy) is 1. The van der Waals surface area contributed by atoms with Crippen LogP contribution in [0.4, 0.5) is 0 Å². The lowest BCUT2D eigenvalue weighted by Crippen LogP contribution is -2.04. The average Bonchev–Trinajstić information content (AvgIpc) is 2.54. The molecule has 3 heteroatoms. The molecular weight excluding hydrogens is 288 g/mol. The van der Waals surface area contributed by atoms with Crippen molar-refractivity contribution in [3.63, 3.8) is 0 Å². The van der Waals surface area contributed by atoms with Crippen molar-refractivity contribution >= 4 is 0 Å². The number of benzene rings is 1. The van der Waals surface area contributed by atoms with Gasteiger partial charge in [0.15, 0.2) is 11.5 Å². The smallest absolute Gasteiger partial charge is 0.161 e. The molecule has 1 rings (SSSR count). The van der Waals surface area contributed by atoms with Crippen LogP contribution in [0.2, 0.25) is 0 Å². The van der Waals surface area contributed by atoms with Crippen LogP contribution in [-0.4, -0.2) is 16.8 Å². The van der Waals surface area contributed by atoms with Gasteiger partial charge in [-0.15, -0.1) is 0 Å². The summed E-state index contributed by atoms with van der Waals surface area (Å²) < 4.78 is 5.92. The molecule has 2 N–H and O–H groups in total. The van der Waals surface area contributed by atoms with Crippen molar-refractivity contribution < 1.29 is 14.9 Å². The molecule has 0 amide bonds. The van der Waals surface area contributed by atoms with Crippen molar-refractivity contribution in [1.82, 2.24) is 0 Å². The molecule has 1 aromatic carbocycles. The highest BCUT2D eigenvalue weighted by Gasteiger charge is 2.18. The van der Waals surface area contributed by atoms with Crippen LogP contribution in [0.15, 0.2) is 6.07 Å². The first-order valence-corrected chi connectivity index (χ1v) is 9.35. The van der Waals surface area contributed by atoms with Crippen molar-refractivity contribution in [3.05, 3.63) is 17.2 Å². The van der Waals surface area contributed by atoms with Gasteiger partial charge in [-0.2, -0.15) is 0 Å². The summed E-state index contributed by atoms with van der Waals surface area (Å²) in [5.74, 6) is 0.758. The van der Waals surface area contributed by atoms with Crippen LogP contribution in [-0.2, 0) is 12.8 Å². The molecule has 23 heavy (non-hydrogen) atoms. The molecule has 0 unspecified atom stereocenters. The van der Waals surface area contributed by atoms with Crippen LogP contribution in [0.25, 0.3) is 0 Å². The van der Waals surface area contributed by atoms with Crippen molar-refractivity contribution in [2.45, 2.75) is 85.0 Å². The third-order valence-corrected chi connectivity index (χ3v) is 4.27. The molecule has 132 valence electrons. The van der Waals surface area contributed by atoms with Gasteiger partial charge in [-0.05, 0) is 32.1 Å². The minimum atomic E-state index is -0.0535. The lowest BCUT2D eigenvalue weighted by Gasteiger charge is -2.18. The molecule has 0 radical (unpaired) electrons. The Balaban J connectivity index is 3.03. The summed E-state index contributed by atoms with van der Waals surface area (Å²) in [4.78, 5) is 0. The Kier molecular flexibility index (Phi) is 9.58. The van der Waals surface area contributed by atoms with Crippen LogP contribution in [0.1, 0.15) is 83.3 Å². The summed E-state index contributed by atoms with van der Waals surface area (Å²) in [6, 6.07) is 1.59. The van der Waals surface area contributed by atoms with Gasteiger partial charge in [0.05, 0.1) is 6.61 Å². The lowest BCUT2D eigenvalue weighted by atomic mass is 9.94. The van der Waals surface area contributed by atoms with E-state index in [1.807, 2.05) is 0 Å². The molecule has 0 aliphatic heterocycles. The fourth-order valence-electron chi connectivity index (χ4n) is 2.83. The van der Waals surface area contributed by atoms with E-state index in [0.717, 1.165) is 68.2 Å². The number of hydrogen-bond acceptors (Lipinski definition) is 3. The molecule has 0 aromatic heterocycles. The zero-order chi connectivity index (χ0) is 17.1. The summed E-state index contributed by atoms with van der Waals surface area (Å²) in [5, 5.41) is 20.4. The van der Waals surface area contributed by atoms with Crippen molar-refractivity contribution in [2.75, 3.05) is 6.61 Å². The molecule has 0 fully saturated rings. The molecule has 3 nitrogen and oxygen atoms in total. The number of rotatable bonds is 12. The van der Waals surface area contributed by atoms with Gasteiger partial charge in [-0.3, -0.25) is 0 Å². The maximum atomic E-state index is 10.3. The summed E-state index contributed by atoms with van der Waals surface area (Å²) in [7, 11) is 0. The van der Waals surface area contributed by atoms with Crippen LogP contribution in [0.3, 0.4) is 0 Å². The van der Waals surface area contributed by atoms with E-state index in [1.54, 1.807) is 6.07 Å². The van der Waals surface area contributed by atoms with E-state index in [0.29, 0.717) is 6.61 Å². The van der Waals surface area contributed by atoms with Crippen molar-refractivity contribution in [2.24, 2.45) is 0 Å². The largest absolute Gasteiger partial charge is 0.504 e. The van der Waals surface area contributed by atoms with E-state index in [-0.39, 0.29) is 11.5 Å². The second-order valence-electron chi connectivity index (χ2n) is 6.32. The third-order valence-electron chi connectivity index (χ3n) is 4.27. The summed E-state index contributed by atoms with van der Waals surface area (Å²) >= 11 is 0. The number of aromatic hydroxyl groups is 2. The lowest BCUT2D eigenvalue weighted by molar-refractivity contribution is 0.301. The quantitative estimate of drug-likeness (QED) is 0.381. The van der Waals surface area contributed by atoms with Gasteiger partial charge in [0.25, 0.3) is 0 Å². The number of hydrogen-bond donors (Lipinski definition) is 2. The number of phenolic OH excluding ortho intramolecular Hbond substituents is 2. The van der Waals surface area contributed by atoms with Gasteiger partial charge < -0.3 is 14.9 Å². The fraction of sp³-hybridized carbons (Fsp3) is 0.700. The Hall–Kier alpha value is -1.38. The normalized spacial score (nSPS) is 10.9. The number of unbranched alkanes of at least 4 members (excludes halogenated alkanes) is 5. The molecule has 0 heterocycles.